The molecule has 2 N–H and O–H groups in total. The second-order valence-electron chi connectivity index (χ2n) is 4.04. The number of aromatic nitrogens is 1. The van der Waals surface area contributed by atoms with Gasteiger partial charge in [0.25, 0.3) is 0 Å². The van der Waals surface area contributed by atoms with Gasteiger partial charge in [-0.15, -0.1) is 0 Å². The van der Waals surface area contributed by atoms with Crippen LogP contribution in [0.3, 0.4) is 0 Å². The van der Waals surface area contributed by atoms with Crippen LogP contribution >= 0.6 is 0 Å². The molecule has 0 atom stereocenters. The van der Waals surface area contributed by atoms with Crippen LogP contribution in [0.1, 0.15) is 30.4 Å². The molecule has 0 saturated carbocycles. The summed E-state index contributed by atoms with van der Waals surface area (Å²) in [4.78, 5) is 4.44. The molecule has 0 spiro atoms. The van der Waals surface area contributed by atoms with Gasteiger partial charge in [-0.3, -0.25) is 0 Å². The van der Waals surface area contributed by atoms with Gasteiger partial charge in [0, 0.05) is 12.0 Å². The van der Waals surface area contributed by atoms with E-state index in [2.05, 4.69) is 11.6 Å². The van der Waals surface area contributed by atoms with Crippen LogP contribution in [0.5, 0.6) is 0 Å². The molecule has 90 valence electrons. The van der Waals surface area contributed by atoms with Crippen molar-refractivity contribution >= 4 is 17.2 Å². The number of nitrogens with two attached hydrogens (primary N) is 1. The lowest BCUT2D eigenvalue weighted by atomic mass is 10.0. The molecule has 0 aliphatic rings. The number of hydrogen-bond donors (Lipinski definition) is 1. The van der Waals surface area contributed by atoms with E-state index in [4.69, 9.17) is 10.2 Å². The molecule has 2 aromatic rings. The highest BCUT2D eigenvalue weighted by atomic mass is 16.3. The summed E-state index contributed by atoms with van der Waals surface area (Å²) in [6.07, 6.45) is 4.53. The van der Waals surface area contributed by atoms with Crippen molar-refractivity contribution in [3.8, 4) is 0 Å². The summed E-state index contributed by atoms with van der Waals surface area (Å²) in [5.74, 6) is 0.787. The van der Waals surface area contributed by atoms with Gasteiger partial charge in [0.1, 0.15) is 5.52 Å². The maximum absolute atomic E-state index is 5.79. The predicted octanol–water partition coefficient (Wildman–Crippen LogP) is 2.92. The Kier molecular flexibility index (Phi) is 3.59. The SMILES string of the molecule is C=Cc1ccc2nc(CC)oc2c1CCCN. The number of nitrogens with zero attached hydrogens (tertiary/aromatic N) is 1. The van der Waals surface area contributed by atoms with Crippen LogP contribution in [0.2, 0.25) is 0 Å². The maximum Gasteiger partial charge on any atom is 0.195 e. The Balaban J connectivity index is 2.55. The molecule has 0 amide bonds. The molecule has 0 radical (unpaired) electrons. The standard InChI is InChI=1S/C14H18N2O/c1-3-10-7-8-12-14(11(10)6-5-9-15)17-13(4-2)16-12/h3,7-8H,1,4-6,9,15H2,2H3. The Bertz CT molecular complexity index is 528. The number of rotatable bonds is 5. The second-order valence-corrected chi connectivity index (χ2v) is 4.04. The zero-order chi connectivity index (χ0) is 12.3. The lowest BCUT2D eigenvalue weighted by Crippen LogP contribution is -2.01. The quantitative estimate of drug-likeness (QED) is 0.859. The summed E-state index contributed by atoms with van der Waals surface area (Å²) in [5.41, 5.74) is 9.69. The fraction of sp³-hybridized carbons (Fsp3) is 0.357. The highest BCUT2D eigenvalue weighted by molar-refractivity contribution is 5.80. The zero-order valence-electron chi connectivity index (χ0n) is 10.2. The first kappa shape index (κ1) is 11.9. The van der Waals surface area contributed by atoms with Gasteiger partial charge >= 0.3 is 0 Å². The van der Waals surface area contributed by atoms with Crippen LogP contribution in [0.15, 0.2) is 23.1 Å². The Hall–Kier alpha value is -1.61. The van der Waals surface area contributed by atoms with Gasteiger partial charge in [-0.1, -0.05) is 25.6 Å². The van der Waals surface area contributed by atoms with Crippen LogP contribution in [0.25, 0.3) is 17.2 Å². The van der Waals surface area contributed by atoms with E-state index >= 15 is 0 Å². The fourth-order valence-corrected chi connectivity index (χ4v) is 1.99. The van der Waals surface area contributed by atoms with Crippen LogP contribution in [0.4, 0.5) is 0 Å². The smallest absolute Gasteiger partial charge is 0.195 e. The average Bonchev–Trinajstić information content (AvgIpc) is 2.78. The van der Waals surface area contributed by atoms with Crippen LogP contribution in [-0.2, 0) is 12.8 Å². The molecule has 0 bridgehead atoms. The molecule has 1 aromatic heterocycles. The summed E-state index contributed by atoms with van der Waals surface area (Å²) >= 11 is 0. The van der Waals surface area contributed by atoms with Gasteiger partial charge < -0.3 is 10.2 Å². The molecule has 2 rings (SSSR count). The van der Waals surface area contributed by atoms with E-state index in [1.165, 1.54) is 5.56 Å². The van der Waals surface area contributed by atoms with Gasteiger partial charge in [0.2, 0.25) is 0 Å². The second kappa shape index (κ2) is 5.15. The van der Waals surface area contributed by atoms with Gasteiger partial charge in [-0.2, -0.15) is 0 Å². The van der Waals surface area contributed by atoms with Crippen LogP contribution < -0.4 is 5.73 Å². The third kappa shape index (κ3) is 2.24. The van der Waals surface area contributed by atoms with Crippen molar-refractivity contribution in [2.75, 3.05) is 6.54 Å². The van der Waals surface area contributed by atoms with E-state index < -0.39 is 0 Å². The molecule has 17 heavy (non-hydrogen) atoms. The Morgan fingerprint density at radius 2 is 2.29 bits per heavy atom. The summed E-state index contributed by atoms with van der Waals surface area (Å²) in [6.45, 7) is 6.56. The summed E-state index contributed by atoms with van der Waals surface area (Å²) in [6, 6.07) is 4.03. The number of oxazole rings is 1. The summed E-state index contributed by atoms with van der Waals surface area (Å²) in [7, 11) is 0. The van der Waals surface area contributed by atoms with Gasteiger partial charge in [-0.05, 0) is 31.0 Å². The van der Waals surface area contributed by atoms with E-state index in [0.29, 0.717) is 6.54 Å². The van der Waals surface area contributed by atoms with E-state index in [1.54, 1.807) is 0 Å². The summed E-state index contributed by atoms with van der Waals surface area (Å²) < 4.78 is 5.79. The zero-order valence-corrected chi connectivity index (χ0v) is 10.2. The topological polar surface area (TPSA) is 52.0 Å². The van der Waals surface area contributed by atoms with Crippen LogP contribution in [-0.4, -0.2) is 11.5 Å². The highest BCUT2D eigenvalue weighted by Gasteiger charge is 2.11. The first-order valence-corrected chi connectivity index (χ1v) is 6.04. The minimum Gasteiger partial charge on any atom is -0.440 e. The molecule has 0 aliphatic carbocycles. The molecular formula is C14H18N2O. The minimum atomic E-state index is 0.682. The molecule has 1 aromatic carbocycles. The average molecular weight is 230 g/mol. The molecule has 0 aliphatic heterocycles. The van der Waals surface area contributed by atoms with Crippen molar-refractivity contribution in [1.82, 2.24) is 4.98 Å². The van der Waals surface area contributed by atoms with Gasteiger partial charge in [-0.25, -0.2) is 4.98 Å². The van der Waals surface area contributed by atoms with Crippen molar-refractivity contribution < 1.29 is 4.42 Å². The summed E-state index contributed by atoms with van der Waals surface area (Å²) in [5, 5.41) is 0. The first-order valence-electron chi connectivity index (χ1n) is 6.04. The lowest BCUT2D eigenvalue weighted by Gasteiger charge is -2.05. The third-order valence-corrected chi connectivity index (χ3v) is 2.89. The normalized spacial score (nSPS) is 10.9. The van der Waals surface area contributed by atoms with Crippen molar-refractivity contribution in [3.63, 3.8) is 0 Å². The Labute approximate surface area is 101 Å². The third-order valence-electron chi connectivity index (χ3n) is 2.89. The number of fused-ring (bicyclic) bond motifs is 1. The molecular weight excluding hydrogens is 212 g/mol. The van der Waals surface area contributed by atoms with Crippen molar-refractivity contribution in [2.24, 2.45) is 5.73 Å². The molecule has 0 fully saturated rings. The first-order chi connectivity index (χ1) is 8.30. The van der Waals surface area contributed by atoms with E-state index in [0.717, 1.165) is 41.8 Å². The van der Waals surface area contributed by atoms with Crippen molar-refractivity contribution in [3.05, 3.63) is 35.7 Å². The fourth-order valence-electron chi connectivity index (χ4n) is 1.99. The van der Waals surface area contributed by atoms with Gasteiger partial charge in [0.05, 0.1) is 0 Å². The molecule has 0 unspecified atom stereocenters. The van der Waals surface area contributed by atoms with Crippen molar-refractivity contribution in [1.29, 1.82) is 0 Å². The van der Waals surface area contributed by atoms with E-state index in [1.807, 2.05) is 25.1 Å². The molecule has 0 saturated heterocycles. The van der Waals surface area contributed by atoms with E-state index in [-0.39, 0.29) is 0 Å². The largest absolute Gasteiger partial charge is 0.440 e. The van der Waals surface area contributed by atoms with Gasteiger partial charge in [0.15, 0.2) is 11.5 Å². The number of hydrogen-bond acceptors (Lipinski definition) is 3. The predicted molar refractivity (Wildman–Crippen MR) is 70.9 cm³/mol. The molecule has 3 heteroatoms. The number of benzene rings is 1. The maximum atomic E-state index is 5.79. The number of aryl methyl sites for hydroxylation is 2. The lowest BCUT2D eigenvalue weighted by molar-refractivity contribution is 0.534. The molecule has 1 heterocycles. The highest BCUT2D eigenvalue weighted by Crippen LogP contribution is 2.25. The monoisotopic (exact) mass is 230 g/mol. The minimum absolute atomic E-state index is 0.682. The Morgan fingerprint density at radius 3 is 2.94 bits per heavy atom. The molecule has 3 nitrogen and oxygen atoms in total. The van der Waals surface area contributed by atoms with E-state index in [9.17, 15) is 0 Å². The van der Waals surface area contributed by atoms with Crippen molar-refractivity contribution in [2.45, 2.75) is 26.2 Å². The van der Waals surface area contributed by atoms with Crippen LogP contribution in [0, 0.1) is 0 Å². The Morgan fingerprint density at radius 1 is 1.47 bits per heavy atom.